The maximum absolute atomic E-state index is 10.5. The molecule has 0 aliphatic carbocycles. The van der Waals surface area contributed by atoms with Crippen molar-refractivity contribution >= 4 is 0 Å². The predicted octanol–water partition coefficient (Wildman–Crippen LogP) is 6.87. The lowest BCUT2D eigenvalue weighted by molar-refractivity contribution is 0.104. The predicted molar refractivity (Wildman–Crippen MR) is 129 cm³/mol. The summed E-state index contributed by atoms with van der Waals surface area (Å²) in [7, 11) is 1.69. The fourth-order valence-electron chi connectivity index (χ4n) is 4.06. The van der Waals surface area contributed by atoms with E-state index in [4.69, 9.17) is 9.47 Å². The summed E-state index contributed by atoms with van der Waals surface area (Å²) in [5.74, 6) is 1.37. The van der Waals surface area contributed by atoms with E-state index in [1.165, 1.54) is 6.07 Å². The van der Waals surface area contributed by atoms with E-state index in [-0.39, 0.29) is 28.6 Å². The van der Waals surface area contributed by atoms with Gasteiger partial charge in [-0.1, -0.05) is 70.2 Å². The number of ether oxygens (including phenoxy) is 2. The molecule has 3 aromatic rings. The molecule has 0 heterocycles. The lowest BCUT2D eigenvalue weighted by Gasteiger charge is -2.30. The van der Waals surface area contributed by atoms with Gasteiger partial charge in [0.15, 0.2) is 11.5 Å². The molecule has 0 atom stereocenters. The SMILES string of the molecule is COc1ccccc1C(C)(C)c1ccc(C(C)(C)Oc2cc(O)c(C(C)C)cc2O)cc1. The van der Waals surface area contributed by atoms with Crippen molar-refractivity contribution in [2.75, 3.05) is 7.11 Å². The van der Waals surface area contributed by atoms with Crippen molar-refractivity contribution in [3.63, 3.8) is 0 Å². The molecule has 0 spiro atoms. The van der Waals surface area contributed by atoms with E-state index in [9.17, 15) is 10.2 Å². The first-order valence-corrected chi connectivity index (χ1v) is 11.0. The van der Waals surface area contributed by atoms with Crippen LogP contribution in [0.4, 0.5) is 0 Å². The summed E-state index contributed by atoms with van der Waals surface area (Å²) in [5.41, 5.74) is 2.97. The fourth-order valence-corrected chi connectivity index (χ4v) is 4.06. The Bertz CT molecular complexity index is 1080. The Morgan fingerprint density at radius 3 is 1.94 bits per heavy atom. The first kappa shape index (κ1) is 23.5. The molecule has 0 bridgehead atoms. The summed E-state index contributed by atoms with van der Waals surface area (Å²) < 4.78 is 11.7. The molecule has 0 unspecified atom stereocenters. The van der Waals surface area contributed by atoms with Gasteiger partial charge in [0.25, 0.3) is 0 Å². The molecule has 0 saturated heterocycles. The van der Waals surface area contributed by atoms with Crippen LogP contribution in [0.3, 0.4) is 0 Å². The van der Waals surface area contributed by atoms with Gasteiger partial charge in [0.05, 0.1) is 7.11 Å². The first-order valence-electron chi connectivity index (χ1n) is 11.0. The monoisotopic (exact) mass is 434 g/mol. The van der Waals surface area contributed by atoms with Crippen molar-refractivity contribution in [2.24, 2.45) is 0 Å². The normalized spacial score (nSPS) is 12.1. The van der Waals surface area contributed by atoms with Crippen molar-refractivity contribution in [3.8, 4) is 23.0 Å². The van der Waals surface area contributed by atoms with Gasteiger partial charge in [0.2, 0.25) is 0 Å². The zero-order chi connectivity index (χ0) is 23.7. The topological polar surface area (TPSA) is 58.9 Å². The number of methoxy groups -OCH3 is 1. The Morgan fingerprint density at radius 1 is 0.750 bits per heavy atom. The molecule has 0 saturated carbocycles. The van der Waals surface area contributed by atoms with E-state index in [0.717, 1.165) is 22.4 Å². The molecule has 2 N–H and O–H groups in total. The third kappa shape index (κ3) is 4.55. The van der Waals surface area contributed by atoms with E-state index in [0.29, 0.717) is 5.56 Å². The molecule has 170 valence electrons. The molecule has 0 aliphatic heterocycles. The van der Waals surface area contributed by atoms with Gasteiger partial charge >= 0.3 is 0 Å². The van der Waals surface area contributed by atoms with Crippen molar-refractivity contribution in [1.29, 1.82) is 0 Å². The van der Waals surface area contributed by atoms with Crippen LogP contribution in [0, 0.1) is 0 Å². The Morgan fingerprint density at radius 2 is 1.34 bits per heavy atom. The van der Waals surface area contributed by atoms with Crippen molar-refractivity contribution in [1.82, 2.24) is 0 Å². The number of hydrogen-bond acceptors (Lipinski definition) is 4. The van der Waals surface area contributed by atoms with Gasteiger partial charge in [-0.25, -0.2) is 0 Å². The van der Waals surface area contributed by atoms with E-state index >= 15 is 0 Å². The van der Waals surface area contributed by atoms with E-state index in [1.54, 1.807) is 13.2 Å². The quantitative estimate of drug-likeness (QED) is 0.398. The van der Waals surface area contributed by atoms with Crippen LogP contribution in [0.1, 0.15) is 69.7 Å². The zero-order valence-electron chi connectivity index (χ0n) is 20.1. The molecule has 0 aromatic heterocycles. The molecule has 0 aliphatic rings. The molecule has 3 aromatic carbocycles. The summed E-state index contributed by atoms with van der Waals surface area (Å²) in [6.45, 7) is 12.2. The summed E-state index contributed by atoms with van der Waals surface area (Å²) in [5, 5.41) is 20.8. The van der Waals surface area contributed by atoms with E-state index in [1.807, 2.05) is 58.0 Å². The second-order valence-corrected chi connectivity index (χ2v) is 9.55. The van der Waals surface area contributed by atoms with Crippen molar-refractivity contribution in [3.05, 3.63) is 82.9 Å². The van der Waals surface area contributed by atoms with Crippen LogP contribution in [0.25, 0.3) is 0 Å². The van der Waals surface area contributed by atoms with Crippen LogP contribution < -0.4 is 9.47 Å². The van der Waals surface area contributed by atoms with Crippen LogP contribution in [-0.2, 0) is 11.0 Å². The Hall–Kier alpha value is -3.14. The Labute approximate surface area is 191 Å². The van der Waals surface area contributed by atoms with Crippen LogP contribution in [-0.4, -0.2) is 17.3 Å². The second kappa shape index (κ2) is 8.78. The average molecular weight is 435 g/mol. The van der Waals surface area contributed by atoms with Gasteiger partial charge < -0.3 is 19.7 Å². The minimum atomic E-state index is -0.712. The van der Waals surface area contributed by atoms with Crippen molar-refractivity contribution in [2.45, 2.75) is 58.5 Å². The minimum Gasteiger partial charge on any atom is -0.508 e. The Kier molecular flexibility index (Phi) is 6.45. The number of hydrogen-bond donors (Lipinski definition) is 2. The summed E-state index contributed by atoms with van der Waals surface area (Å²) in [4.78, 5) is 0. The number of rotatable bonds is 7. The average Bonchev–Trinajstić information content (AvgIpc) is 2.75. The number of aromatic hydroxyl groups is 2. The van der Waals surface area contributed by atoms with Crippen LogP contribution in [0.5, 0.6) is 23.0 Å². The van der Waals surface area contributed by atoms with Gasteiger partial charge in [0.1, 0.15) is 17.1 Å². The molecule has 32 heavy (non-hydrogen) atoms. The third-order valence-corrected chi connectivity index (χ3v) is 6.18. The highest BCUT2D eigenvalue weighted by Gasteiger charge is 2.29. The number of para-hydroxylation sites is 1. The van der Waals surface area contributed by atoms with Crippen LogP contribution in [0.15, 0.2) is 60.7 Å². The van der Waals surface area contributed by atoms with Gasteiger partial charge in [0, 0.05) is 22.6 Å². The number of benzene rings is 3. The van der Waals surface area contributed by atoms with Gasteiger partial charge in [-0.15, -0.1) is 0 Å². The molecular weight excluding hydrogens is 400 g/mol. The number of phenolic OH excluding ortho intramolecular Hbond substituents is 2. The smallest absolute Gasteiger partial charge is 0.165 e. The standard InChI is InChI=1S/C28H34O4/c1-18(2)21-16-24(30)26(17-23(21)29)32-28(5,6)20-14-12-19(13-15-20)27(3,4)22-10-8-9-11-25(22)31-7/h8-18,29-30H,1-7H3. The van der Waals surface area contributed by atoms with Crippen molar-refractivity contribution < 1.29 is 19.7 Å². The first-order chi connectivity index (χ1) is 15.0. The highest BCUT2D eigenvalue weighted by molar-refractivity contribution is 5.51. The fraction of sp³-hybridized carbons (Fsp3) is 0.357. The lowest BCUT2D eigenvalue weighted by Crippen LogP contribution is -2.26. The lowest BCUT2D eigenvalue weighted by atomic mass is 9.77. The Balaban J connectivity index is 1.89. The zero-order valence-corrected chi connectivity index (χ0v) is 20.1. The minimum absolute atomic E-state index is 0.0218. The molecule has 3 rings (SSSR count). The van der Waals surface area contributed by atoms with Crippen LogP contribution in [0.2, 0.25) is 0 Å². The number of phenols is 2. The highest BCUT2D eigenvalue weighted by atomic mass is 16.5. The summed E-state index contributed by atoms with van der Waals surface area (Å²) >= 11 is 0. The molecular formula is C28H34O4. The summed E-state index contributed by atoms with van der Waals surface area (Å²) in [6, 6.07) is 19.4. The molecule has 0 radical (unpaired) electrons. The molecule has 0 amide bonds. The molecule has 4 nitrogen and oxygen atoms in total. The molecule has 4 heteroatoms. The van der Waals surface area contributed by atoms with Gasteiger partial charge in [-0.05, 0) is 43.0 Å². The largest absolute Gasteiger partial charge is 0.508 e. The molecule has 0 fully saturated rings. The van der Waals surface area contributed by atoms with Gasteiger partial charge in [-0.2, -0.15) is 0 Å². The maximum atomic E-state index is 10.5. The van der Waals surface area contributed by atoms with E-state index in [2.05, 4.69) is 32.0 Å². The van der Waals surface area contributed by atoms with Gasteiger partial charge in [-0.3, -0.25) is 0 Å². The second-order valence-electron chi connectivity index (χ2n) is 9.55. The third-order valence-electron chi connectivity index (χ3n) is 6.18. The highest BCUT2D eigenvalue weighted by Crippen LogP contribution is 2.41. The van der Waals surface area contributed by atoms with E-state index < -0.39 is 5.60 Å². The maximum Gasteiger partial charge on any atom is 0.165 e. The summed E-state index contributed by atoms with van der Waals surface area (Å²) in [6.07, 6.45) is 0. The van der Waals surface area contributed by atoms with Crippen LogP contribution >= 0.6 is 0 Å².